The molecule has 0 atom stereocenters. The van der Waals surface area contributed by atoms with Crippen molar-refractivity contribution in [3.63, 3.8) is 0 Å². The highest BCUT2D eigenvalue weighted by molar-refractivity contribution is 7.60. The second-order valence-electron chi connectivity index (χ2n) is 2.23. The van der Waals surface area contributed by atoms with Crippen LogP contribution in [0.15, 0.2) is 30.3 Å². The summed E-state index contributed by atoms with van der Waals surface area (Å²) < 4.78 is 10.5. The second kappa shape index (κ2) is 5.92. The van der Waals surface area contributed by atoms with E-state index in [0.29, 0.717) is 0 Å². The van der Waals surface area contributed by atoms with E-state index in [1.165, 1.54) is 12.1 Å². The van der Waals surface area contributed by atoms with Crippen LogP contribution >= 0.6 is 7.60 Å². The molecule has 0 heterocycles. The minimum Gasteiger partial charge on any atom is -0.402 e. The lowest BCUT2D eigenvalue weighted by atomic mass is 10.3. The van der Waals surface area contributed by atoms with Crippen LogP contribution in [0.3, 0.4) is 0 Å². The average Bonchev–Trinajstić information content (AvgIpc) is 2.03. The molecule has 0 bridgehead atoms. The van der Waals surface area contributed by atoms with Crippen molar-refractivity contribution in [2.24, 2.45) is 0 Å². The Morgan fingerprint density at radius 3 is 1.57 bits per heavy atom. The van der Waals surface area contributed by atoms with Crippen LogP contribution in [0, 0.1) is 0 Å². The molecule has 0 amide bonds. The maximum atomic E-state index is 10.5. The van der Waals surface area contributed by atoms with Crippen molar-refractivity contribution >= 4 is 20.2 Å². The van der Waals surface area contributed by atoms with E-state index in [4.69, 9.17) is 24.9 Å². The highest BCUT2D eigenvalue weighted by atomic mass is 31.2. The topological polar surface area (TPSA) is 118 Å². The molecule has 0 aliphatic heterocycles. The Hall–Kier alpha value is -0.685. The minimum absolute atomic E-state index is 0.0648. The second-order valence-corrected chi connectivity index (χ2v) is 3.83. The normalized spacial score (nSPS) is 10.1. The monoisotopic (exact) mass is 220 g/mol. The van der Waals surface area contributed by atoms with E-state index in [2.05, 4.69) is 0 Å². The maximum Gasteiger partial charge on any atom is 0.631 e. The van der Waals surface area contributed by atoms with E-state index in [0.717, 1.165) is 0 Å². The third kappa shape index (κ3) is 6.79. The van der Waals surface area contributed by atoms with E-state index in [9.17, 15) is 4.57 Å². The van der Waals surface area contributed by atoms with Crippen molar-refractivity contribution in [1.82, 2.24) is 0 Å². The molecular weight excluding hydrogens is 210 g/mol. The zero-order valence-electron chi connectivity index (χ0n) is 7.06. The Morgan fingerprint density at radius 2 is 1.36 bits per heavy atom. The zero-order valence-corrected chi connectivity index (χ0v) is 7.95. The van der Waals surface area contributed by atoms with Gasteiger partial charge < -0.3 is 24.9 Å². The standard InChI is InChI=1S/C6H7O3P.BH3O3/c7-10(8,9)6-4-2-1-3-5-6;2-1(3)4/h1-5H,(H2,7,8,9);2-4H. The van der Waals surface area contributed by atoms with Crippen molar-refractivity contribution in [3.05, 3.63) is 30.3 Å². The summed E-state index contributed by atoms with van der Waals surface area (Å²) in [6.45, 7) is 0. The van der Waals surface area contributed by atoms with Crippen LogP contribution in [0.4, 0.5) is 0 Å². The van der Waals surface area contributed by atoms with Crippen LogP contribution in [0.2, 0.25) is 0 Å². The smallest absolute Gasteiger partial charge is 0.402 e. The first-order chi connectivity index (χ1) is 6.34. The summed E-state index contributed by atoms with van der Waals surface area (Å²) in [6, 6.07) is 7.70. The molecule has 0 aliphatic carbocycles. The number of benzene rings is 1. The van der Waals surface area contributed by atoms with Gasteiger partial charge in [-0.25, -0.2) is 0 Å². The van der Waals surface area contributed by atoms with Gasteiger partial charge in [-0.05, 0) is 12.1 Å². The quantitative estimate of drug-likeness (QED) is 0.288. The minimum atomic E-state index is -4.02. The molecule has 0 aromatic heterocycles. The zero-order chi connectivity index (χ0) is 11.2. The average molecular weight is 220 g/mol. The lowest BCUT2D eigenvalue weighted by molar-refractivity contribution is 0.278. The first-order valence-electron chi connectivity index (χ1n) is 3.49. The van der Waals surface area contributed by atoms with E-state index >= 15 is 0 Å². The van der Waals surface area contributed by atoms with Crippen molar-refractivity contribution in [1.29, 1.82) is 0 Å². The Morgan fingerprint density at radius 1 is 1.00 bits per heavy atom. The van der Waals surface area contributed by atoms with Crippen molar-refractivity contribution in [2.45, 2.75) is 0 Å². The van der Waals surface area contributed by atoms with Gasteiger partial charge >= 0.3 is 14.9 Å². The van der Waals surface area contributed by atoms with Gasteiger partial charge in [0.05, 0.1) is 5.30 Å². The van der Waals surface area contributed by atoms with Crippen LogP contribution in [0.5, 0.6) is 0 Å². The number of rotatable bonds is 1. The van der Waals surface area contributed by atoms with E-state index in [-0.39, 0.29) is 5.30 Å². The van der Waals surface area contributed by atoms with Gasteiger partial charge in [0.25, 0.3) is 0 Å². The lowest BCUT2D eigenvalue weighted by Gasteiger charge is -2.00. The first-order valence-corrected chi connectivity index (χ1v) is 5.10. The summed E-state index contributed by atoms with van der Waals surface area (Å²) in [4.78, 5) is 17.2. The van der Waals surface area contributed by atoms with E-state index in [1.807, 2.05) is 0 Å². The molecular formula is C6H10BO6P. The summed E-state index contributed by atoms with van der Waals surface area (Å²) >= 11 is 0. The molecule has 0 saturated heterocycles. The summed E-state index contributed by atoms with van der Waals surface area (Å²) in [5.74, 6) is 0. The Bertz CT molecular complexity index is 294. The largest absolute Gasteiger partial charge is 0.631 e. The summed E-state index contributed by atoms with van der Waals surface area (Å²) in [5, 5.41) is 21.6. The molecule has 1 rings (SSSR count). The Labute approximate surface area is 80.8 Å². The molecule has 0 fully saturated rings. The SMILES string of the molecule is O=P(O)(O)c1ccccc1.OB(O)O. The molecule has 78 valence electrons. The molecule has 8 heteroatoms. The van der Waals surface area contributed by atoms with Crippen LogP contribution in [-0.4, -0.2) is 32.2 Å². The third-order valence-corrected chi connectivity index (χ3v) is 2.06. The van der Waals surface area contributed by atoms with Crippen molar-refractivity contribution in [2.75, 3.05) is 0 Å². The van der Waals surface area contributed by atoms with Crippen LogP contribution in [0.25, 0.3) is 0 Å². The van der Waals surface area contributed by atoms with Gasteiger partial charge in [-0.15, -0.1) is 0 Å². The highest BCUT2D eigenvalue weighted by Crippen LogP contribution is 2.32. The lowest BCUT2D eigenvalue weighted by Crippen LogP contribution is -2.07. The van der Waals surface area contributed by atoms with Crippen molar-refractivity contribution < 1.29 is 29.4 Å². The number of hydrogen-bond donors (Lipinski definition) is 5. The molecule has 5 N–H and O–H groups in total. The fourth-order valence-corrected chi connectivity index (χ4v) is 1.18. The van der Waals surface area contributed by atoms with Crippen LogP contribution in [0.1, 0.15) is 0 Å². The predicted molar refractivity (Wildman–Crippen MR) is 50.5 cm³/mol. The Balaban J connectivity index is 0.000000364. The van der Waals surface area contributed by atoms with Gasteiger partial charge in [-0.2, -0.15) is 0 Å². The fourth-order valence-electron chi connectivity index (χ4n) is 0.622. The molecule has 0 aliphatic rings. The summed E-state index contributed by atoms with van der Waals surface area (Å²) in [7, 11) is -6.18. The molecule has 0 unspecified atom stereocenters. The number of hydrogen-bond acceptors (Lipinski definition) is 4. The molecule has 14 heavy (non-hydrogen) atoms. The molecule has 1 aromatic rings. The van der Waals surface area contributed by atoms with Crippen LogP contribution in [-0.2, 0) is 4.57 Å². The van der Waals surface area contributed by atoms with Gasteiger partial charge in [0.15, 0.2) is 0 Å². The summed E-state index contributed by atoms with van der Waals surface area (Å²) in [6.07, 6.45) is 0. The van der Waals surface area contributed by atoms with E-state index in [1.54, 1.807) is 18.2 Å². The Kier molecular flexibility index (Phi) is 5.63. The fraction of sp³-hybridized carbons (Fsp3) is 0. The van der Waals surface area contributed by atoms with Gasteiger partial charge in [-0.1, -0.05) is 18.2 Å². The molecule has 0 spiro atoms. The van der Waals surface area contributed by atoms with E-state index < -0.39 is 14.9 Å². The van der Waals surface area contributed by atoms with Gasteiger partial charge in [-0.3, -0.25) is 4.57 Å². The maximum absolute atomic E-state index is 10.5. The first kappa shape index (κ1) is 13.3. The molecule has 0 saturated carbocycles. The third-order valence-electron chi connectivity index (χ3n) is 1.09. The van der Waals surface area contributed by atoms with Gasteiger partial charge in [0.2, 0.25) is 0 Å². The molecule has 6 nitrogen and oxygen atoms in total. The van der Waals surface area contributed by atoms with Crippen LogP contribution < -0.4 is 5.30 Å². The predicted octanol–water partition coefficient (Wildman–Crippen LogP) is -1.56. The molecule has 1 aromatic carbocycles. The van der Waals surface area contributed by atoms with Gasteiger partial charge in [0.1, 0.15) is 0 Å². The summed E-state index contributed by atoms with van der Waals surface area (Å²) in [5.41, 5.74) is 0. The van der Waals surface area contributed by atoms with Crippen molar-refractivity contribution in [3.8, 4) is 0 Å². The molecule has 0 radical (unpaired) electrons. The highest BCUT2D eigenvalue weighted by Gasteiger charge is 2.14. The van der Waals surface area contributed by atoms with Gasteiger partial charge in [0, 0.05) is 0 Å².